The zero-order chi connectivity index (χ0) is 17.1. The SMILES string of the molecule is CCc1ccc(NC(=O)C2(OC)CCNCC2)cc1S(N)(=O)=O.Cl. The molecule has 0 spiro atoms. The summed E-state index contributed by atoms with van der Waals surface area (Å²) >= 11 is 0. The summed E-state index contributed by atoms with van der Waals surface area (Å²) in [5.41, 5.74) is 0.121. The van der Waals surface area contributed by atoms with E-state index in [-0.39, 0.29) is 23.2 Å². The van der Waals surface area contributed by atoms with E-state index < -0.39 is 15.6 Å². The molecule has 0 aromatic heterocycles. The number of hydrogen-bond acceptors (Lipinski definition) is 5. The van der Waals surface area contributed by atoms with Crippen molar-refractivity contribution in [3.8, 4) is 0 Å². The number of nitrogens with two attached hydrogens (primary N) is 1. The number of hydrogen-bond donors (Lipinski definition) is 3. The Morgan fingerprint density at radius 1 is 1.38 bits per heavy atom. The molecule has 0 atom stereocenters. The van der Waals surface area contributed by atoms with Crippen LogP contribution < -0.4 is 15.8 Å². The number of carbonyl (C=O) groups excluding carboxylic acids is 1. The van der Waals surface area contributed by atoms with Gasteiger partial charge in [0.15, 0.2) is 0 Å². The lowest BCUT2D eigenvalue weighted by Gasteiger charge is -2.34. The van der Waals surface area contributed by atoms with Crippen LogP contribution in [-0.2, 0) is 26.0 Å². The number of anilines is 1. The first-order valence-electron chi connectivity index (χ1n) is 7.55. The molecular formula is C15H24ClN3O4S. The maximum absolute atomic E-state index is 12.6. The van der Waals surface area contributed by atoms with Gasteiger partial charge in [-0.3, -0.25) is 4.79 Å². The van der Waals surface area contributed by atoms with Crippen LogP contribution in [-0.4, -0.2) is 40.1 Å². The van der Waals surface area contributed by atoms with E-state index in [0.29, 0.717) is 43.6 Å². The minimum atomic E-state index is -3.84. The predicted octanol–water partition coefficient (Wildman–Crippen LogP) is 1.03. The molecule has 136 valence electrons. The first kappa shape index (κ1) is 20.9. The van der Waals surface area contributed by atoms with E-state index in [0.717, 1.165) is 0 Å². The monoisotopic (exact) mass is 377 g/mol. The van der Waals surface area contributed by atoms with Gasteiger partial charge in [0.1, 0.15) is 5.60 Å². The van der Waals surface area contributed by atoms with Gasteiger partial charge in [0.25, 0.3) is 5.91 Å². The van der Waals surface area contributed by atoms with Gasteiger partial charge in [0, 0.05) is 12.8 Å². The molecular weight excluding hydrogens is 354 g/mol. The van der Waals surface area contributed by atoms with Crippen LogP contribution in [0.4, 0.5) is 5.69 Å². The molecule has 1 heterocycles. The molecule has 9 heteroatoms. The Balaban J connectivity index is 0.00000288. The molecule has 4 N–H and O–H groups in total. The van der Waals surface area contributed by atoms with Gasteiger partial charge in [-0.05, 0) is 50.0 Å². The highest BCUT2D eigenvalue weighted by molar-refractivity contribution is 7.89. The number of ether oxygens (including phenoxy) is 1. The average molecular weight is 378 g/mol. The van der Waals surface area contributed by atoms with Crippen LogP contribution in [0.1, 0.15) is 25.3 Å². The number of carbonyl (C=O) groups is 1. The number of rotatable bonds is 5. The van der Waals surface area contributed by atoms with E-state index in [1.165, 1.54) is 13.2 Å². The zero-order valence-corrected chi connectivity index (χ0v) is 15.4. The molecule has 1 aliphatic rings. The van der Waals surface area contributed by atoms with Crippen molar-refractivity contribution in [2.75, 3.05) is 25.5 Å². The summed E-state index contributed by atoms with van der Waals surface area (Å²) in [7, 11) is -2.33. The third-order valence-electron chi connectivity index (χ3n) is 4.23. The Kier molecular flexibility index (Phi) is 7.18. The quantitative estimate of drug-likeness (QED) is 0.709. The van der Waals surface area contributed by atoms with Crippen LogP contribution in [0.5, 0.6) is 0 Å². The van der Waals surface area contributed by atoms with Gasteiger partial charge in [-0.2, -0.15) is 0 Å². The molecule has 0 saturated carbocycles. The molecule has 0 bridgehead atoms. The summed E-state index contributed by atoms with van der Waals surface area (Å²) in [6.45, 7) is 3.23. The lowest BCUT2D eigenvalue weighted by atomic mass is 9.91. The van der Waals surface area contributed by atoms with Crippen LogP contribution >= 0.6 is 12.4 Å². The molecule has 0 unspecified atom stereocenters. The second kappa shape index (κ2) is 8.26. The van der Waals surface area contributed by atoms with Crippen LogP contribution in [0.3, 0.4) is 0 Å². The van der Waals surface area contributed by atoms with Gasteiger partial charge in [-0.25, -0.2) is 13.6 Å². The minimum Gasteiger partial charge on any atom is -0.368 e. The van der Waals surface area contributed by atoms with Crippen molar-refractivity contribution in [1.82, 2.24) is 5.32 Å². The smallest absolute Gasteiger partial charge is 0.256 e. The molecule has 1 amide bonds. The van der Waals surface area contributed by atoms with Crippen molar-refractivity contribution in [3.05, 3.63) is 23.8 Å². The van der Waals surface area contributed by atoms with Crippen LogP contribution in [0.25, 0.3) is 0 Å². The topological polar surface area (TPSA) is 111 Å². The van der Waals surface area contributed by atoms with Gasteiger partial charge in [0.05, 0.1) is 4.90 Å². The van der Waals surface area contributed by atoms with Crippen molar-refractivity contribution in [2.24, 2.45) is 5.14 Å². The van der Waals surface area contributed by atoms with Gasteiger partial charge >= 0.3 is 0 Å². The minimum absolute atomic E-state index is 0. The maximum Gasteiger partial charge on any atom is 0.256 e. The zero-order valence-electron chi connectivity index (χ0n) is 13.8. The summed E-state index contributed by atoms with van der Waals surface area (Å²) in [6.07, 6.45) is 1.66. The maximum atomic E-state index is 12.6. The van der Waals surface area contributed by atoms with Gasteiger partial charge < -0.3 is 15.4 Å². The normalized spacial score (nSPS) is 17.0. The number of amides is 1. The molecule has 1 aliphatic heterocycles. The number of halogens is 1. The molecule has 1 aromatic rings. The standard InChI is InChI=1S/C15H23N3O4S.ClH/c1-3-11-4-5-12(10-13(11)23(16,20)21)18-14(19)15(22-2)6-8-17-9-7-15;/h4-5,10,17H,3,6-9H2,1-2H3,(H,18,19)(H2,16,20,21);1H. The summed E-state index contributed by atoms with van der Waals surface area (Å²) in [6, 6.07) is 4.74. The molecule has 2 rings (SSSR count). The number of nitrogens with one attached hydrogen (secondary N) is 2. The average Bonchev–Trinajstić information content (AvgIpc) is 2.54. The number of sulfonamides is 1. The molecule has 7 nitrogen and oxygen atoms in total. The Morgan fingerprint density at radius 3 is 2.50 bits per heavy atom. The van der Waals surface area contributed by atoms with Gasteiger partial charge in [-0.1, -0.05) is 13.0 Å². The summed E-state index contributed by atoms with van der Waals surface area (Å²) < 4.78 is 28.9. The first-order chi connectivity index (χ1) is 10.8. The largest absolute Gasteiger partial charge is 0.368 e. The Hall–Kier alpha value is -1.19. The Labute approximate surface area is 148 Å². The number of benzene rings is 1. The molecule has 1 saturated heterocycles. The highest BCUT2D eigenvalue weighted by Gasteiger charge is 2.39. The van der Waals surface area contributed by atoms with Crippen LogP contribution in [0, 0.1) is 0 Å². The number of methoxy groups -OCH3 is 1. The van der Waals surface area contributed by atoms with E-state index in [2.05, 4.69) is 10.6 Å². The van der Waals surface area contributed by atoms with E-state index in [4.69, 9.17) is 9.88 Å². The summed E-state index contributed by atoms with van der Waals surface area (Å²) in [5, 5.41) is 11.2. The van der Waals surface area contributed by atoms with E-state index >= 15 is 0 Å². The van der Waals surface area contributed by atoms with Crippen molar-refractivity contribution in [1.29, 1.82) is 0 Å². The number of primary sulfonamides is 1. The van der Waals surface area contributed by atoms with Crippen LogP contribution in [0.2, 0.25) is 0 Å². The number of aryl methyl sites for hydroxylation is 1. The van der Waals surface area contributed by atoms with E-state index in [9.17, 15) is 13.2 Å². The number of piperidine rings is 1. The van der Waals surface area contributed by atoms with Crippen LogP contribution in [0.15, 0.2) is 23.1 Å². The molecule has 0 aliphatic carbocycles. The fraction of sp³-hybridized carbons (Fsp3) is 0.533. The first-order valence-corrected chi connectivity index (χ1v) is 9.10. The third kappa shape index (κ3) is 4.46. The third-order valence-corrected chi connectivity index (χ3v) is 5.22. The highest BCUT2D eigenvalue weighted by Crippen LogP contribution is 2.26. The Bertz CT molecular complexity index is 688. The predicted molar refractivity (Wildman–Crippen MR) is 94.9 cm³/mol. The lowest BCUT2D eigenvalue weighted by molar-refractivity contribution is -0.140. The second-order valence-corrected chi connectivity index (χ2v) is 7.15. The highest BCUT2D eigenvalue weighted by atomic mass is 35.5. The molecule has 1 fully saturated rings. The van der Waals surface area contributed by atoms with E-state index in [1.807, 2.05) is 6.92 Å². The van der Waals surface area contributed by atoms with E-state index in [1.54, 1.807) is 12.1 Å². The molecule has 24 heavy (non-hydrogen) atoms. The van der Waals surface area contributed by atoms with Crippen molar-refractivity contribution >= 4 is 34.0 Å². The van der Waals surface area contributed by atoms with Crippen molar-refractivity contribution in [3.63, 3.8) is 0 Å². The second-order valence-electron chi connectivity index (χ2n) is 5.62. The van der Waals surface area contributed by atoms with Gasteiger partial charge in [-0.15, -0.1) is 12.4 Å². The van der Waals surface area contributed by atoms with Crippen molar-refractivity contribution < 1.29 is 17.9 Å². The molecule has 1 aromatic carbocycles. The summed E-state index contributed by atoms with van der Waals surface area (Å²) in [5.74, 6) is -0.272. The fourth-order valence-corrected chi connectivity index (χ4v) is 3.66. The molecule has 0 radical (unpaired) electrons. The fourth-order valence-electron chi connectivity index (χ4n) is 2.79. The summed E-state index contributed by atoms with van der Waals surface area (Å²) in [4.78, 5) is 12.6. The Morgan fingerprint density at radius 2 is 2.00 bits per heavy atom. The lowest BCUT2D eigenvalue weighted by Crippen LogP contribution is -2.51. The van der Waals surface area contributed by atoms with Gasteiger partial charge in [0.2, 0.25) is 10.0 Å². The van der Waals surface area contributed by atoms with Crippen molar-refractivity contribution in [2.45, 2.75) is 36.7 Å².